The number of aromatic hydroxyl groups is 2. The SMILES string of the molecule is COc1cc(/C=C/c2ccccc2-n2cc(O)c(C(=O)O)n2)ccc1O. The van der Waals surface area contributed by atoms with Gasteiger partial charge in [-0.2, -0.15) is 5.10 Å². The number of phenols is 1. The van der Waals surface area contributed by atoms with Gasteiger partial charge in [0.25, 0.3) is 0 Å². The van der Waals surface area contributed by atoms with Crippen LogP contribution in [0.1, 0.15) is 21.6 Å². The van der Waals surface area contributed by atoms with Gasteiger partial charge in [-0.1, -0.05) is 36.4 Å². The third-order valence-electron chi connectivity index (χ3n) is 3.74. The van der Waals surface area contributed by atoms with Crippen molar-refractivity contribution in [2.45, 2.75) is 0 Å². The molecule has 2 aromatic carbocycles. The molecule has 0 saturated carbocycles. The summed E-state index contributed by atoms with van der Waals surface area (Å²) in [6, 6.07) is 12.2. The molecular weight excluding hydrogens is 336 g/mol. The first kappa shape index (κ1) is 17.1. The summed E-state index contributed by atoms with van der Waals surface area (Å²) in [6.07, 6.45) is 4.89. The molecule has 0 aliphatic rings. The normalized spacial score (nSPS) is 11.0. The summed E-state index contributed by atoms with van der Waals surface area (Å²) >= 11 is 0. The molecule has 132 valence electrons. The molecule has 1 aromatic heterocycles. The van der Waals surface area contributed by atoms with E-state index < -0.39 is 17.4 Å². The number of aromatic carboxylic acids is 1. The fourth-order valence-electron chi connectivity index (χ4n) is 2.46. The van der Waals surface area contributed by atoms with Gasteiger partial charge in [-0.15, -0.1) is 0 Å². The molecule has 7 heteroatoms. The first-order valence-electron chi connectivity index (χ1n) is 7.66. The van der Waals surface area contributed by atoms with E-state index in [-0.39, 0.29) is 5.75 Å². The van der Waals surface area contributed by atoms with E-state index >= 15 is 0 Å². The van der Waals surface area contributed by atoms with E-state index in [4.69, 9.17) is 9.84 Å². The lowest BCUT2D eigenvalue weighted by atomic mass is 10.1. The van der Waals surface area contributed by atoms with Crippen molar-refractivity contribution in [3.05, 3.63) is 65.5 Å². The van der Waals surface area contributed by atoms with Crippen molar-refractivity contribution in [3.63, 3.8) is 0 Å². The summed E-state index contributed by atoms with van der Waals surface area (Å²) in [6.45, 7) is 0. The van der Waals surface area contributed by atoms with Crippen molar-refractivity contribution in [1.29, 1.82) is 0 Å². The second-order valence-electron chi connectivity index (χ2n) is 5.44. The molecule has 7 nitrogen and oxygen atoms in total. The summed E-state index contributed by atoms with van der Waals surface area (Å²) in [5.41, 5.74) is 1.77. The average Bonchev–Trinajstić information content (AvgIpc) is 3.03. The van der Waals surface area contributed by atoms with Crippen LogP contribution in [0.25, 0.3) is 17.8 Å². The van der Waals surface area contributed by atoms with Gasteiger partial charge in [-0.05, 0) is 23.8 Å². The summed E-state index contributed by atoms with van der Waals surface area (Å²) in [4.78, 5) is 11.1. The van der Waals surface area contributed by atoms with Crippen molar-refractivity contribution in [1.82, 2.24) is 9.78 Å². The molecule has 0 amide bonds. The average molecular weight is 352 g/mol. The second-order valence-corrected chi connectivity index (χ2v) is 5.44. The summed E-state index contributed by atoms with van der Waals surface area (Å²) in [7, 11) is 1.47. The van der Waals surface area contributed by atoms with Crippen molar-refractivity contribution >= 4 is 18.1 Å². The van der Waals surface area contributed by atoms with E-state index in [2.05, 4.69) is 5.10 Å². The molecule has 0 saturated heterocycles. The van der Waals surface area contributed by atoms with Crippen LogP contribution in [-0.2, 0) is 0 Å². The maximum atomic E-state index is 11.1. The van der Waals surface area contributed by atoms with Gasteiger partial charge >= 0.3 is 5.97 Å². The molecule has 0 radical (unpaired) electrons. The standard InChI is InChI=1S/C19H16N2O5/c1-26-17-10-12(7-9-15(17)22)6-8-13-4-2-3-5-14(13)21-11-16(23)18(20-21)19(24)25/h2-11,22-23H,1H3,(H,24,25)/b8-6+. The lowest BCUT2D eigenvalue weighted by molar-refractivity contribution is 0.0687. The molecule has 0 fully saturated rings. The number of ether oxygens (including phenoxy) is 1. The van der Waals surface area contributed by atoms with Crippen LogP contribution in [0.4, 0.5) is 0 Å². The minimum Gasteiger partial charge on any atom is -0.504 e. The zero-order valence-electron chi connectivity index (χ0n) is 13.8. The Morgan fingerprint density at radius 2 is 1.88 bits per heavy atom. The monoisotopic (exact) mass is 352 g/mol. The maximum absolute atomic E-state index is 11.1. The van der Waals surface area contributed by atoms with Gasteiger partial charge in [0.2, 0.25) is 5.69 Å². The van der Waals surface area contributed by atoms with E-state index in [1.54, 1.807) is 24.3 Å². The number of hydrogen-bond donors (Lipinski definition) is 3. The molecule has 0 spiro atoms. The molecule has 0 bridgehead atoms. The molecule has 1 heterocycles. The summed E-state index contributed by atoms with van der Waals surface area (Å²) < 4.78 is 6.40. The first-order valence-corrected chi connectivity index (χ1v) is 7.66. The van der Waals surface area contributed by atoms with Crippen LogP contribution in [0.3, 0.4) is 0 Å². The predicted molar refractivity (Wildman–Crippen MR) is 95.8 cm³/mol. The third kappa shape index (κ3) is 3.36. The van der Waals surface area contributed by atoms with E-state index in [0.29, 0.717) is 11.4 Å². The van der Waals surface area contributed by atoms with Crippen molar-refractivity contribution in [2.75, 3.05) is 7.11 Å². The van der Waals surface area contributed by atoms with Gasteiger partial charge in [0.1, 0.15) is 0 Å². The minimum absolute atomic E-state index is 0.0540. The Kier molecular flexibility index (Phi) is 4.62. The highest BCUT2D eigenvalue weighted by Crippen LogP contribution is 2.27. The Labute approximate surface area is 149 Å². The molecule has 3 rings (SSSR count). The first-order chi connectivity index (χ1) is 12.5. The fourth-order valence-corrected chi connectivity index (χ4v) is 2.46. The van der Waals surface area contributed by atoms with Crippen molar-refractivity contribution in [3.8, 4) is 22.9 Å². The number of carboxylic acids is 1. The molecule has 3 aromatic rings. The highest BCUT2D eigenvalue weighted by molar-refractivity contribution is 5.88. The van der Waals surface area contributed by atoms with Crippen LogP contribution in [0.2, 0.25) is 0 Å². The Morgan fingerprint density at radius 1 is 1.12 bits per heavy atom. The van der Waals surface area contributed by atoms with Crippen LogP contribution < -0.4 is 4.74 Å². The number of rotatable bonds is 5. The van der Waals surface area contributed by atoms with Crippen LogP contribution >= 0.6 is 0 Å². The number of carboxylic acid groups (broad SMARTS) is 1. The highest BCUT2D eigenvalue weighted by atomic mass is 16.5. The minimum atomic E-state index is -1.30. The molecule has 0 aliphatic carbocycles. The van der Waals surface area contributed by atoms with E-state index in [0.717, 1.165) is 11.1 Å². The van der Waals surface area contributed by atoms with Crippen LogP contribution in [0.5, 0.6) is 17.2 Å². The van der Waals surface area contributed by atoms with Gasteiger partial charge in [0.05, 0.1) is 19.0 Å². The molecule has 26 heavy (non-hydrogen) atoms. The number of benzene rings is 2. The lowest BCUT2D eigenvalue weighted by Gasteiger charge is -2.06. The second kappa shape index (κ2) is 7.02. The topological polar surface area (TPSA) is 105 Å². The maximum Gasteiger partial charge on any atom is 0.360 e. The number of phenolic OH excluding ortho intramolecular Hbond substituents is 1. The Hall–Kier alpha value is -3.74. The van der Waals surface area contributed by atoms with E-state index in [1.807, 2.05) is 24.3 Å². The Morgan fingerprint density at radius 3 is 2.58 bits per heavy atom. The number of hydrogen-bond acceptors (Lipinski definition) is 5. The van der Waals surface area contributed by atoms with E-state index in [1.165, 1.54) is 24.1 Å². The predicted octanol–water partition coefficient (Wildman–Crippen LogP) is 3.16. The zero-order chi connectivity index (χ0) is 18.7. The van der Waals surface area contributed by atoms with Crippen LogP contribution in [0, 0.1) is 0 Å². The van der Waals surface area contributed by atoms with E-state index in [9.17, 15) is 15.0 Å². The van der Waals surface area contributed by atoms with Crippen LogP contribution in [-0.4, -0.2) is 38.2 Å². The summed E-state index contributed by atoms with van der Waals surface area (Å²) in [5.74, 6) is -1.29. The largest absolute Gasteiger partial charge is 0.504 e. The Bertz CT molecular complexity index is 991. The van der Waals surface area contributed by atoms with Gasteiger partial charge in [-0.3, -0.25) is 0 Å². The molecule has 0 aliphatic heterocycles. The van der Waals surface area contributed by atoms with Crippen molar-refractivity contribution < 1.29 is 24.9 Å². The molecule has 0 atom stereocenters. The third-order valence-corrected chi connectivity index (χ3v) is 3.74. The highest BCUT2D eigenvalue weighted by Gasteiger charge is 2.16. The number of carbonyl (C=O) groups is 1. The molecule has 3 N–H and O–H groups in total. The number of para-hydroxylation sites is 1. The lowest BCUT2D eigenvalue weighted by Crippen LogP contribution is -2.02. The number of methoxy groups -OCH3 is 1. The van der Waals surface area contributed by atoms with Gasteiger partial charge < -0.3 is 20.1 Å². The van der Waals surface area contributed by atoms with Crippen molar-refractivity contribution in [2.24, 2.45) is 0 Å². The number of aromatic nitrogens is 2. The summed E-state index contributed by atoms with van der Waals surface area (Å²) in [5, 5.41) is 32.3. The molecule has 0 unspecified atom stereocenters. The zero-order valence-corrected chi connectivity index (χ0v) is 13.8. The fraction of sp³-hybridized carbons (Fsp3) is 0.0526. The van der Waals surface area contributed by atoms with Gasteiger partial charge in [-0.25, -0.2) is 9.48 Å². The van der Waals surface area contributed by atoms with Gasteiger partial charge in [0, 0.05) is 5.56 Å². The van der Waals surface area contributed by atoms with Crippen LogP contribution in [0.15, 0.2) is 48.7 Å². The van der Waals surface area contributed by atoms with Gasteiger partial charge in [0.15, 0.2) is 17.2 Å². The molecular formula is C19H16N2O5. The number of nitrogens with zero attached hydrogens (tertiary/aromatic N) is 2. The Balaban J connectivity index is 1.97. The smallest absolute Gasteiger partial charge is 0.360 e. The quantitative estimate of drug-likeness (QED) is 0.609.